The van der Waals surface area contributed by atoms with Gasteiger partial charge in [-0.25, -0.2) is 23.4 Å². The zero-order valence-electron chi connectivity index (χ0n) is 23.0. The number of aromatic amines is 1. The first-order valence-corrected chi connectivity index (χ1v) is 13.4. The van der Waals surface area contributed by atoms with Crippen LogP contribution in [-0.2, 0) is 25.5 Å². The van der Waals surface area contributed by atoms with Crippen molar-refractivity contribution in [1.29, 1.82) is 0 Å². The number of rotatable bonds is 10. The van der Waals surface area contributed by atoms with Crippen LogP contribution in [0.15, 0.2) is 48.9 Å². The van der Waals surface area contributed by atoms with E-state index in [-0.39, 0.29) is 61.0 Å². The van der Waals surface area contributed by atoms with E-state index in [0.717, 1.165) is 12.1 Å². The summed E-state index contributed by atoms with van der Waals surface area (Å²) in [5.74, 6) is -2.26. The number of cyclic esters (lactones) is 2. The molecule has 3 atom stereocenters. The standard InChI is InChI=1S/C28H29F2N7O6/c1-15(38)33-10-19-12-36(27(40)42-19)17-2-4-21(23(29)7-17)22-5-3-18(8-24(22)30)37-13-20(43-28(37)41)11-34-26(39)25(31)6-16-9-32-14-35-16/h2-5,7-9,14,19-20,25H,6,10-13,31H2,1H3,(H,32,35)(H,33,38)(H,34,39)/t19-,20-,25-/m0/s1. The SMILES string of the molecule is CC(=O)NC[C@H]1CN(c2ccc(-c3ccc(N4C[C@H](CNC(=O)[C@@H](N)Cc5cnc[nH]5)OC4=O)cc3F)c(F)c2)C(=O)O1. The second-order valence-corrected chi connectivity index (χ2v) is 10.1. The molecule has 0 saturated carbocycles. The Kier molecular flexibility index (Phi) is 8.52. The van der Waals surface area contributed by atoms with Crippen LogP contribution >= 0.6 is 0 Å². The van der Waals surface area contributed by atoms with E-state index < -0.39 is 48.0 Å². The molecule has 15 heteroatoms. The molecule has 0 bridgehead atoms. The van der Waals surface area contributed by atoms with Gasteiger partial charge in [-0.3, -0.25) is 19.4 Å². The van der Waals surface area contributed by atoms with Crippen molar-refractivity contribution in [3.63, 3.8) is 0 Å². The molecule has 3 heterocycles. The first-order chi connectivity index (χ1) is 20.6. The normalized spacial score (nSPS) is 18.8. The van der Waals surface area contributed by atoms with Gasteiger partial charge in [0.15, 0.2) is 0 Å². The summed E-state index contributed by atoms with van der Waals surface area (Å²) in [6.07, 6.45) is 0.597. The van der Waals surface area contributed by atoms with Gasteiger partial charge >= 0.3 is 12.2 Å². The van der Waals surface area contributed by atoms with Crippen LogP contribution in [0.5, 0.6) is 0 Å². The highest BCUT2D eigenvalue weighted by molar-refractivity contribution is 5.91. The molecule has 2 aliphatic heterocycles. The van der Waals surface area contributed by atoms with E-state index in [9.17, 15) is 19.2 Å². The maximum atomic E-state index is 15.2. The molecule has 5 rings (SSSR count). The largest absolute Gasteiger partial charge is 0.442 e. The van der Waals surface area contributed by atoms with E-state index in [2.05, 4.69) is 20.6 Å². The number of ether oxygens (including phenoxy) is 2. The van der Waals surface area contributed by atoms with E-state index in [4.69, 9.17) is 15.2 Å². The van der Waals surface area contributed by atoms with Crippen LogP contribution in [0.3, 0.4) is 0 Å². The lowest BCUT2D eigenvalue weighted by atomic mass is 10.0. The quantitative estimate of drug-likeness (QED) is 0.274. The Bertz CT molecular complexity index is 1540. The van der Waals surface area contributed by atoms with Crippen molar-refractivity contribution in [3.05, 3.63) is 66.3 Å². The van der Waals surface area contributed by atoms with Crippen molar-refractivity contribution in [2.24, 2.45) is 5.73 Å². The Morgan fingerprint density at radius 2 is 1.51 bits per heavy atom. The molecule has 2 fully saturated rings. The molecule has 1 aromatic heterocycles. The number of carbonyl (C=O) groups excluding carboxylic acids is 4. The Hall–Kier alpha value is -5.05. The van der Waals surface area contributed by atoms with E-state index in [0.29, 0.717) is 5.69 Å². The average molecular weight is 598 g/mol. The summed E-state index contributed by atoms with van der Waals surface area (Å²) in [7, 11) is 0. The number of benzene rings is 2. The third-order valence-electron chi connectivity index (χ3n) is 6.98. The molecule has 0 aliphatic carbocycles. The molecule has 5 N–H and O–H groups in total. The highest BCUT2D eigenvalue weighted by atomic mass is 19.1. The number of nitrogens with two attached hydrogens (primary N) is 1. The number of anilines is 2. The number of imidazole rings is 1. The molecule has 0 radical (unpaired) electrons. The topological polar surface area (TPSA) is 172 Å². The fraction of sp³-hybridized carbons (Fsp3) is 0.321. The number of H-pyrrole nitrogens is 1. The van der Waals surface area contributed by atoms with Gasteiger partial charge < -0.3 is 30.8 Å². The minimum Gasteiger partial charge on any atom is -0.442 e. The van der Waals surface area contributed by atoms with Crippen molar-refractivity contribution in [2.75, 3.05) is 36.0 Å². The van der Waals surface area contributed by atoms with Crippen LogP contribution in [0.1, 0.15) is 12.6 Å². The Labute approximate surface area is 244 Å². The van der Waals surface area contributed by atoms with Gasteiger partial charge in [0, 0.05) is 36.4 Å². The first-order valence-electron chi connectivity index (χ1n) is 13.4. The Morgan fingerprint density at radius 3 is 1.98 bits per heavy atom. The predicted molar refractivity (Wildman–Crippen MR) is 149 cm³/mol. The Balaban J connectivity index is 1.20. The fourth-order valence-corrected chi connectivity index (χ4v) is 4.79. The van der Waals surface area contributed by atoms with Crippen LogP contribution in [0.25, 0.3) is 11.1 Å². The molecule has 3 aromatic rings. The minimum absolute atomic E-state index is 0.00836. The number of carbonyl (C=O) groups is 4. The van der Waals surface area contributed by atoms with Gasteiger partial charge in [-0.1, -0.05) is 0 Å². The van der Waals surface area contributed by atoms with Crippen molar-refractivity contribution >= 4 is 35.4 Å². The average Bonchev–Trinajstić information content (AvgIpc) is 3.71. The van der Waals surface area contributed by atoms with Gasteiger partial charge in [-0.15, -0.1) is 0 Å². The summed E-state index contributed by atoms with van der Waals surface area (Å²) in [5, 5.41) is 5.22. The highest BCUT2D eigenvalue weighted by Gasteiger charge is 2.34. The lowest BCUT2D eigenvalue weighted by Gasteiger charge is -2.16. The zero-order chi connectivity index (χ0) is 30.7. The van der Waals surface area contributed by atoms with E-state index in [1.807, 2.05) is 0 Å². The molecule has 4 amide bonds. The third-order valence-corrected chi connectivity index (χ3v) is 6.98. The summed E-state index contributed by atoms with van der Waals surface area (Å²) < 4.78 is 40.9. The van der Waals surface area contributed by atoms with Crippen molar-refractivity contribution in [3.8, 4) is 11.1 Å². The molecule has 0 unspecified atom stereocenters. The number of hydrogen-bond donors (Lipinski definition) is 4. The summed E-state index contributed by atoms with van der Waals surface area (Å²) in [4.78, 5) is 57.4. The second kappa shape index (κ2) is 12.4. The molecule has 2 saturated heterocycles. The first kappa shape index (κ1) is 29.4. The smallest absolute Gasteiger partial charge is 0.414 e. The van der Waals surface area contributed by atoms with E-state index in [1.165, 1.54) is 47.3 Å². The molecule has 226 valence electrons. The van der Waals surface area contributed by atoms with Crippen LogP contribution in [0.2, 0.25) is 0 Å². The van der Waals surface area contributed by atoms with Crippen LogP contribution < -0.4 is 26.2 Å². The molecule has 2 aliphatic rings. The van der Waals surface area contributed by atoms with Crippen LogP contribution in [0.4, 0.5) is 29.7 Å². The lowest BCUT2D eigenvalue weighted by Crippen LogP contribution is -2.45. The zero-order valence-corrected chi connectivity index (χ0v) is 23.0. The highest BCUT2D eigenvalue weighted by Crippen LogP contribution is 2.33. The second-order valence-electron chi connectivity index (χ2n) is 10.1. The van der Waals surface area contributed by atoms with Gasteiger partial charge in [-0.2, -0.15) is 0 Å². The van der Waals surface area contributed by atoms with E-state index >= 15 is 8.78 Å². The Morgan fingerprint density at radius 1 is 0.977 bits per heavy atom. The monoisotopic (exact) mass is 597 g/mol. The molecule has 2 aromatic carbocycles. The van der Waals surface area contributed by atoms with E-state index in [1.54, 1.807) is 6.20 Å². The molecule has 43 heavy (non-hydrogen) atoms. The minimum atomic E-state index is -0.833. The summed E-state index contributed by atoms with van der Waals surface area (Å²) >= 11 is 0. The third kappa shape index (κ3) is 6.72. The van der Waals surface area contributed by atoms with Gasteiger partial charge in [-0.05, 0) is 36.4 Å². The maximum Gasteiger partial charge on any atom is 0.414 e. The molecular formula is C28H29F2N7O6. The summed E-state index contributed by atoms with van der Waals surface area (Å²) in [6.45, 7) is 1.62. The summed E-state index contributed by atoms with van der Waals surface area (Å²) in [6, 6.07) is 6.97. The summed E-state index contributed by atoms with van der Waals surface area (Å²) in [5.41, 5.74) is 6.93. The number of amides is 4. The fourth-order valence-electron chi connectivity index (χ4n) is 4.79. The molecule has 13 nitrogen and oxygen atoms in total. The number of hydrogen-bond acceptors (Lipinski definition) is 8. The lowest BCUT2D eigenvalue weighted by molar-refractivity contribution is -0.122. The number of halogens is 2. The molecular weight excluding hydrogens is 568 g/mol. The molecule has 0 spiro atoms. The maximum absolute atomic E-state index is 15.2. The van der Waals surface area contributed by atoms with Crippen LogP contribution in [0, 0.1) is 11.6 Å². The number of nitrogens with zero attached hydrogens (tertiary/aromatic N) is 3. The number of aromatic nitrogens is 2. The van der Waals surface area contributed by atoms with Crippen molar-refractivity contribution in [2.45, 2.75) is 31.6 Å². The van der Waals surface area contributed by atoms with Crippen molar-refractivity contribution < 1.29 is 37.4 Å². The van der Waals surface area contributed by atoms with Gasteiger partial charge in [0.1, 0.15) is 23.8 Å². The van der Waals surface area contributed by atoms with Gasteiger partial charge in [0.2, 0.25) is 11.8 Å². The van der Waals surface area contributed by atoms with Gasteiger partial charge in [0.25, 0.3) is 0 Å². The van der Waals surface area contributed by atoms with Gasteiger partial charge in [0.05, 0.1) is 49.9 Å². The van der Waals surface area contributed by atoms with Crippen LogP contribution in [-0.4, -0.2) is 78.4 Å². The van der Waals surface area contributed by atoms with Crippen molar-refractivity contribution in [1.82, 2.24) is 20.6 Å². The predicted octanol–water partition coefficient (Wildman–Crippen LogP) is 1.83. The number of nitrogens with one attached hydrogen (secondary N) is 3.